The van der Waals surface area contributed by atoms with E-state index in [9.17, 15) is 0 Å². The highest BCUT2D eigenvalue weighted by atomic mass is 127. The lowest BCUT2D eigenvalue weighted by Gasteiger charge is -2.13. The van der Waals surface area contributed by atoms with Gasteiger partial charge in [0.25, 0.3) is 0 Å². The zero-order chi connectivity index (χ0) is 15.2. The fourth-order valence-corrected chi connectivity index (χ4v) is 2.88. The predicted molar refractivity (Wildman–Crippen MR) is 94.9 cm³/mol. The Morgan fingerprint density at radius 3 is 2.57 bits per heavy atom. The van der Waals surface area contributed by atoms with Crippen molar-refractivity contribution in [1.82, 2.24) is 9.97 Å². The van der Waals surface area contributed by atoms with Crippen molar-refractivity contribution in [1.29, 1.82) is 0 Å². The molecule has 0 radical (unpaired) electrons. The summed E-state index contributed by atoms with van der Waals surface area (Å²) in [5.41, 5.74) is 1.99. The van der Waals surface area contributed by atoms with E-state index in [1.807, 2.05) is 31.2 Å². The van der Waals surface area contributed by atoms with Crippen LogP contribution in [-0.2, 0) is 6.42 Å². The third-order valence-corrected chi connectivity index (χ3v) is 4.16. The molecule has 0 bridgehead atoms. The Morgan fingerprint density at radius 2 is 1.90 bits per heavy atom. The van der Waals surface area contributed by atoms with Crippen LogP contribution >= 0.6 is 22.6 Å². The second kappa shape index (κ2) is 7.59. The number of aromatic nitrogens is 2. The maximum Gasteiger partial charge on any atom is 0.165 e. The summed E-state index contributed by atoms with van der Waals surface area (Å²) in [5, 5.41) is 3.31. The van der Waals surface area contributed by atoms with Gasteiger partial charge in [0, 0.05) is 6.54 Å². The van der Waals surface area contributed by atoms with Crippen LogP contribution in [0.4, 0.5) is 5.82 Å². The molecule has 1 heterocycles. The Bertz CT molecular complexity index is 616. The maximum atomic E-state index is 5.69. The highest BCUT2D eigenvalue weighted by Crippen LogP contribution is 2.30. The molecule has 0 spiro atoms. The number of para-hydroxylation sites is 1. The minimum atomic E-state index is 0.627. The minimum Gasteiger partial charge on any atom is -0.493 e. The normalized spacial score (nSPS) is 10.5. The Morgan fingerprint density at radius 1 is 1.14 bits per heavy atom. The lowest BCUT2D eigenvalue weighted by atomic mass is 10.1. The quantitative estimate of drug-likeness (QED) is 0.745. The fourth-order valence-electron chi connectivity index (χ4n) is 2.07. The summed E-state index contributed by atoms with van der Waals surface area (Å²) in [5.74, 6) is 2.43. The molecule has 0 saturated heterocycles. The van der Waals surface area contributed by atoms with E-state index in [1.165, 1.54) is 0 Å². The highest BCUT2D eigenvalue weighted by molar-refractivity contribution is 14.1. The topological polar surface area (TPSA) is 47.0 Å². The summed E-state index contributed by atoms with van der Waals surface area (Å²) in [4.78, 5) is 9.38. The summed E-state index contributed by atoms with van der Waals surface area (Å²) in [6.07, 6.45) is 0.878. The molecule has 0 aliphatic rings. The van der Waals surface area contributed by atoms with Gasteiger partial charge in [-0.3, -0.25) is 0 Å². The number of aryl methyl sites for hydroxylation is 1. The van der Waals surface area contributed by atoms with Crippen molar-refractivity contribution >= 4 is 28.4 Å². The van der Waals surface area contributed by atoms with Gasteiger partial charge >= 0.3 is 0 Å². The van der Waals surface area contributed by atoms with Gasteiger partial charge in [0.1, 0.15) is 11.6 Å². The van der Waals surface area contributed by atoms with E-state index in [4.69, 9.17) is 9.72 Å². The van der Waals surface area contributed by atoms with Crippen LogP contribution < -0.4 is 10.1 Å². The molecule has 1 aromatic carbocycles. The molecule has 112 valence electrons. The van der Waals surface area contributed by atoms with E-state index < -0.39 is 0 Å². The van der Waals surface area contributed by atoms with E-state index in [0.717, 1.165) is 39.4 Å². The molecule has 1 aromatic heterocycles. The molecular formula is C16H20IN3O. The smallest absolute Gasteiger partial charge is 0.165 e. The van der Waals surface area contributed by atoms with Crippen molar-refractivity contribution in [2.75, 3.05) is 18.5 Å². The van der Waals surface area contributed by atoms with E-state index in [2.05, 4.69) is 46.7 Å². The first-order valence-electron chi connectivity index (χ1n) is 7.23. The summed E-state index contributed by atoms with van der Waals surface area (Å²) < 4.78 is 6.78. The van der Waals surface area contributed by atoms with Gasteiger partial charge < -0.3 is 10.1 Å². The molecule has 0 saturated carbocycles. The number of nitrogens with one attached hydrogen (secondary N) is 1. The van der Waals surface area contributed by atoms with Gasteiger partial charge in [0.2, 0.25) is 0 Å². The number of halogens is 1. The maximum absolute atomic E-state index is 5.69. The van der Waals surface area contributed by atoms with Crippen molar-refractivity contribution in [2.24, 2.45) is 0 Å². The van der Waals surface area contributed by atoms with Crippen LogP contribution in [0.15, 0.2) is 24.3 Å². The van der Waals surface area contributed by atoms with Crippen LogP contribution in [0.3, 0.4) is 0 Å². The standard InChI is InChI=1S/C16H20IN3O/c1-4-12-14(17)16(18-5-2)20-15(19-12)11-9-7-8-10-13(11)21-6-3/h7-10H,4-6H2,1-3H3,(H,18,19,20). The SMILES string of the molecule is CCNc1nc(-c2ccccc2OCC)nc(CC)c1I. The van der Waals surface area contributed by atoms with Crippen molar-refractivity contribution in [3.63, 3.8) is 0 Å². The number of ether oxygens (including phenoxy) is 1. The van der Waals surface area contributed by atoms with Crippen LogP contribution in [0.25, 0.3) is 11.4 Å². The highest BCUT2D eigenvalue weighted by Gasteiger charge is 2.14. The minimum absolute atomic E-state index is 0.627. The Kier molecular flexibility index (Phi) is 5.78. The number of benzene rings is 1. The Labute approximate surface area is 139 Å². The molecule has 0 atom stereocenters. The van der Waals surface area contributed by atoms with Gasteiger partial charge in [-0.2, -0.15) is 0 Å². The fraction of sp³-hybridized carbons (Fsp3) is 0.375. The largest absolute Gasteiger partial charge is 0.493 e. The molecule has 4 nitrogen and oxygen atoms in total. The van der Waals surface area contributed by atoms with E-state index in [1.54, 1.807) is 0 Å². The third kappa shape index (κ3) is 3.64. The molecule has 2 aromatic rings. The number of hydrogen-bond acceptors (Lipinski definition) is 4. The molecule has 0 aliphatic heterocycles. The van der Waals surface area contributed by atoms with Gasteiger partial charge in [0.15, 0.2) is 5.82 Å². The molecule has 0 fully saturated rings. The number of nitrogens with zero attached hydrogens (tertiary/aromatic N) is 2. The van der Waals surface area contributed by atoms with Gasteiger partial charge in [-0.05, 0) is 55.0 Å². The second-order valence-corrected chi connectivity index (χ2v) is 5.55. The summed E-state index contributed by atoms with van der Waals surface area (Å²) in [6.45, 7) is 7.62. The molecule has 5 heteroatoms. The summed E-state index contributed by atoms with van der Waals surface area (Å²) >= 11 is 2.31. The van der Waals surface area contributed by atoms with Gasteiger partial charge in [0.05, 0.1) is 21.4 Å². The van der Waals surface area contributed by atoms with E-state index >= 15 is 0 Å². The number of anilines is 1. The molecule has 0 amide bonds. The molecule has 21 heavy (non-hydrogen) atoms. The van der Waals surface area contributed by atoms with Crippen molar-refractivity contribution in [3.8, 4) is 17.1 Å². The monoisotopic (exact) mass is 397 g/mol. The van der Waals surface area contributed by atoms with Crippen LogP contribution in [0.5, 0.6) is 5.75 Å². The lowest BCUT2D eigenvalue weighted by molar-refractivity contribution is 0.341. The molecule has 2 rings (SSSR count). The second-order valence-electron chi connectivity index (χ2n) is 4.47. The van der Waals surface area contributed by atoms with Crippen LogP contribution in [0, 0.1) is 3.57 Å². The first-order chi connectivity index (χ1) is 10.2. The van der Waals surface area contributed by atoms with Crippen LogP contribution in [-0.4, -0.2) is 23.1 Å². The zero-order valence-corrected chi connectivity index (χ0v) is 14.8. The molecule has 0 unspecified atom stereocenters. The number of rotatable bonds is 6. The van der Waals surface area contributed by atoms with Gasteiger partial charge in [-0.1, -0.05) is 19.1 Å². The van der Waals surface area contributed by atoms with Crippen LogP contribution in [0.2, 0.25) is 0 Å². The van der Waals surface area contributed by atoms with Gasteiger partial charge in [-0.25, -0.2) is 9.97 Å². The lowest BCUT2D eigenvalue weighted by Crippen LogP contribution is -2.08. The average Bonchev–Trinajstić information content (AvgIpc) is 2.50. The van der Waals surface area contributed by atoms with Crippen molar-refractivity contribution < 1.29 is 4.74 Å². The Balaban J connectivity index is 2.55. The summed E-state index contributed by atoms with van der Waals surface area (Å²) in [6, 6.07) is 7.91. The van der Waals surface area contributed by atoms with Crippen LogP contribution in [0.1, 0.15) is 26.5 Å². The number of hydrogen-bond donors (Lipinski definition) is 1. The van der Waals surface area contributed by atoms with E-state index in [0.29, 0.717) is 12.4 Å². The van der Waals surface area contributed by atoms with E-state index in [-0.39, 0.29) is 0 Å². The third-order valence-electron chi connectivity index (χ3n) is 3.03. The predicted octanol–water partition coefficient (Wildman–Crippen LogP) is 4.14. The van der Waals surface area contributed by atoms with Crippen molar-refractivity contribution in [2.45, 2.75) is 27.2 Å². The molecular weight excluding hydrogens is 377 g/mol. The van der Waals surface area contributed by atoms with Gasteiger partial charge in [-0.15, -0.1) is 0 Å². The first-order valence-corrected chi connectivity index (χ1v) is 8.31. The molecule has 1 N–H and O–H groups in total. The zero-order valence-electron chi connectivity index (χ0n) is 12.6. The first kappa shape index (κ1) is 16.0. The summed E-state index contributed by atoms with van der Waals surface area (Å²) in [7, 11) is 0. The Hall–Kier alpha value is -1.37. The average molecular weight is 397 g/mol. The molecule has 0 aliphatic carbocycles. The van der Waals surface area contributed by atoms with Crippen molar-refractivity contribution in [3.05, 3.63) is 33.5 Å².